The van der Waals surface area contributed by atoms with E-state index < -0.39 is 0 Å². The molecule has 0 saturated carbocycles. The molecule has 0 saturated heterocycles. The fraction of sp³-hybridized carbons (Fsp3) is 0.182. The number of rotatable bonds is 4. The van der Waals surface area contributed by atoms with Gasteiger partial charge in [0.25, 0.3) is 5.78 Å². The lowest BCUT2D eigenvalue weighted by molar-refractivity contribution is 0.0962. The summed E-state index contributed by atoms with van der Waals surface area (Å²) in [7, 11) is 0. The number of thioether (sulfide) groups is 1. The van der Waals surface area contributed by atoms with Gasteiger partial charge in [-0.25, -0.2) is 9.50 Å². The molecule has 0 aliphatic heterocycles. The Morgan fingerprint density at radius 1 is 1.07 bits per heavy atom. The third-order valence-corrected chi connectivity index (χ3v) is 6.88. The molecule has 0 N–H and O–H groups in total. The van der Waals surface area contributed by atoms with E-state index >= 15 is 0 Å². The van der Waals surface area contributed by atoms with Crippen molar-refractivity contribution in [3.63, 3.8) is 0 Å². The normalized spacial score (nSPS) is 16.1. The number of hydrogen-bond acceptors (Lipinski definition) is 5. The second-order valence-corrected chi connectivity index (χ2v) is 9.53. The number of benzene rings is 2. The van der Waals surface area contributed by atoms with Gasteiger partial charge in [0, 0.05) is 27.9 Å². The van der Waals surface area contributed by atoms with Gasteiger partial charge in [0.15, 0.2) is 5.78 Å². The third-order valence-electron chi connectivity index (χ3n) is 5.19. The number of nitrogens with zero attached hydrogens (tertiary/aromatic N) is 4. The molecule has 0 fully saturated rings. The second kappa shape index (κ2) is 8.13. The van der Waals surface area contributed by atoms with E-state index in [2.05, 4.69) is 43.1 Å². The number of hydrogen-bond donors (Lipinski definition) is 0. The summed E-state index contributed by atoms with van der Waals surface area (Å²) in [5.41, 5.74) is 3.72. The molecule has 2 heterocycles. The van der Waals surface area contributed by atoms with Crippen molar-refractivity contribution in [1.29, 1.82) is 0 Å². The SMILES string of the molecule is O=C1CC(c2ccc(Cl)cc2)Cc2nc3nc(SCc4ccc(Br)cc4)nn3cc21. The van der Waals surface area contributed by atoms with Crippen molar-refractivity contribution in [3.8, 4) is 0 Å². The lowest BCUT2D eigenvalue weighted by atomic mass is 9.82. The first-order valence-corrected chi connectivity index (χ1v) is 11.6. The van der Waals surface area contributed by atoms with E-state index in [1.165, 1.54) is 5.56 Å². The fourth-order valence-electron chi connectivity index (χ4n) is 3.62. The van der Waals surface area contributed by atoms with Crippen LogP contribution < -0.4 is 0 Å². The lowest BCUT2D eigenvalue weighted by Gasteiger charge is -2.23. The Morgan fingerprint density at radius 3 is 2.60 bits per heavy atom. The largest absolute Gasteiger partial charge is 0.294 e. The van der Waals surface area contributed by atoms with Crippen LogP contribution in [0.1, 0.15) is 39.5 Å². The first-order valence-electron chi connectivity index (χ1n) is 9.47. The van der Waals surface area contributed by atoms with E-state index in [0.29, 0.717) is 34.4 Å². The van der Waals surface area contributed by atoms with Crippen LogP contribution in [-0.2, 0) is 12.2 Å². The second-order valence-electron chi connectivity index (χ2n) is 7.24. The van der Waals surface area contributed by atoms with Gasteiger partial charge in [0.05, 0.1) is 11.3 Å². The minimum absolute atomic E-state index is 0.0881. The molecule has 2 aromatic carbocycles. The highest BCUT2D eigenvalue weighted by Gasteiger charge is 2.28. The summed E-state index contributed by atoms with van der Waals surface area (Å²) in [5, 5.41) is 5.84. The topological polar surface area (TPSA) is 60.2 Å². The average Bonchev–Trinajstić information content (AvgIpc) is 3.14. The summed E-state index contributed by atoms with van der Waals surface area (Å²) in [6.07, 6.45) is 2.93. The van der Waals surface area contributed by atoms with E-state index in [0.717, 1.165) is 21.5 Å². The summed E-state index contributed by atoms with van der Waals surface area (Å²) in [5.74, 6) is 1.48. The number of carbonyl (C=O) groups excluding carboxylic acids is 1. The summed E-state index contributed by atoms with van der Waals surface area (Å²) in [4.78, 5) is 22.0. The zero-order valence-corrected chi connectivity index (χ0v) is 18.9. The standard InChI is InChI=1S/C22H16BrClN4OS/c23-16-5-1-13(2-6-16)12-30-22-26-21-25-19-9-15(14-3-7-17(24)8-4-14)10-20(29)18(19)11-28(21)27-22/h1-8,11,15H,9-10,12H2. The number of aromatic nitrogens is 4. The zero-order chi connectivity index (χ0) is 20.7. The van der Waals surface area contributed by atoms with Crippen molar-refractivity contribution >= 4 is 50.9 Å². The molecule has 1 aliphatic carbocycles. The maximum atomic E-state index is 12.8. The lowest BCUT2D eigenvalue weighted by Crippen LogP contribution is -2.21. The van der Waals surface area contributed by atoms with Crippen LogP contribution in [0.5, 0.6) is 0 Å². The molecule has 30 heavy (non-hydrogen) atoms. The molecule has 1 unspecified atom stereocenters. The molecule has 5 rings (SSSR count). The number of fused-ring (bicyclic) bond motifs is 2. The summed E-state index contributed by atoms with van der Waals surface area (Å²) < 4.78 is 2.67. The maximum absolute atomic E-state index is 12.8. The van der Waals surface area contributed by atoms with Gasteiger partial charge in [-0.3, -0.25) is 4.79 Å². The van der Waals surface area contributed by atoms with Crippen molar-refractivity contribution in [2.24, 2.45) is 0 Å². The van der Waals surface area contributed by atoms with Gasteiger partial charge in [-0.2, -0.15) is 4.98 Å². The van der Waals surface area contributed by atoms with Crippen molar-refractivity contribution in [1.82, 2.24) is 19.6 Å². The Kier molecular flexibility index (Phi) is 5.35. The van der Waals surface area contributed by atoms with Crippen LogP contribution in [0, 0.1) is 0 Å². The van der Waals surface area contributed by atoms with Crippen molar-refractivity contribution in [3.05, 3.63) is 86.6 Å². The molecule has 1 aliphatic rings. The van der Waals surface area contributed by atoms with E-state index in [9.17, 15) is 4.79 Å². The van der Waals surface area contributed by atoms with Gasteiger partial charge in [0.2, 0.25) is 5.16 Å². The Labute approximate surface area is 191 Å². The first kappa shape index (κ1) is 19.7. The Morgan fingerprint density at radius 2 is 1.83 bits per heavy atom. The molecule has 150 valence electrons. The molecule has 0 spiro atoms. The predicted molar refractivity (Wildman–Crippen MR) is 121 cm³/mol. The fourth-order valence-corrected chi connectivity index (χ4v) is 4.80. The maximum Gasteiger partial charge on any atom is 0.253 e. The monoisotopic (exact) mass is 498 g/mol. The summed E-state index contributed by atoms with van der Waals surface area (Å²) in [6, 6.07) is 15.9. The van der Waals surface area contributed by atoms with Crippen LogP contribution in [0.25, 0.3) is 5.78 Å². The van der Waals surface area contributed by atoms with Crippen molar-refractivity contribution < 1.29 is 4.79 Å². The highest BCUT2D eigenvalue weighted by atomic mass is 79.9. The molecular weight excluding hydrogens is 484 g/mol. The molecule has 0 radical (unpaired) electrons. The van der Waals surface area contributed by atoms with Crippen LogP contribution in [-0.4, -0.2) is 25.4 Å². The first-order chi connectivity index (χ1) is 14.5. The van der Waals surface area contributed by atoms with Gasteiger partial charge in [-0.15, -0.1) is 5.10 Å². The number of halogens is 2. The van der Waals surface area contributed by atoms with Crippen LogP contribution in [0.3, 0.4) is 0 Å². The van der Waals surface area contributed by atoms with E-state index in [4.69, 9.17) is 11.6 Å². The van der Waals surface area contributed by atoms with E-state index in [-0.39, 0.29) is 11.7 Å². The molecule has 0 amide bonds. The number of Topliss-reactive ketones (excluding diaryl/α,β-unsaturated/α-hetero) is 1. The molecule has 1 atom stereocenters. The molecular formula is C22H16BrClN4OS. The summed E-state index contributed by atoms with van der Waals surface area (Å²) >= 11 is 11.0. The highest BCUT2D eigenvalue weighted by Crippen LogP contribution is 2.32. The zero-order valence-electron chi connectivity index (χ0n) is 15.8. The molecule has 8 heteroatoms. The minimum atomic E-state index is 0.0881. The number of ketones is 1. The van der Waals surface area contributed by atoms with Gasteiger partial charge in [0.1, 0.15) is 0 Å². The Balaban J connectivity index is 1.39. The molecule has 2 aromatic heterocycles. The molecule has 5 nitrogen and oxygen atoms in total. The third kappa shape index (κ3) is 4.02. The number of carbonyl (C=O) groups is 1. The average molecular weight is 500 g/mol. The quantitative estimate of drug-likeness (QED) is 0.335. The van der Waals surface area contributed by atoms with Gasteiger partial charge in [-0.1, -0.05) is 63.6 Å². The Bertz CT molecular complexity index is 1240. The van der Waals surface area contributed by atoms with Crippen LogP contribution >= 0.6 is 39.3 Å². The Hall–Kier alpha value is -2.22. The summed E-state index contributed by atoms with van der Waals surface area (Å²) in [6.45, 7) is 0. The minimum Gasteiger partial charge on any atom is -0.294 e. The molecule has 4 aromatic rings. The predicted octanol–water partition coefficient (Wildman–Crippen LogP) is 5.75. The molecule has 0 bridgehead atoms. The van der Waals surface area contributed by atoms with Crippen LogP contribution in [0.4, 0.5) is 0 Å². The van der Waals surface area contributed by atoms with E-state index in [1.54, 1.807) is 22.5 Å². The van der Waals surface area contributed by atoms with Gasteiger partial charge >= 0.3 is 0 Å². The van der Waals surface area contributed by atoms with Crippen molar-refractivity contribution in [2.75, 3.05) is 0 Å². The highest BCUT2D eigenvalue weighted by molar-refractivity contribution is 9.10. The van der Waals surface area contributed by atoms with Gasteiger partial charge in [-0.05, 0) is 47.7 Å². The smallest absolute Gasteiger partial charge is 0.253 e. The van der Waals surface area contributed by atoms with Crippen LogP contribution in [0.2, 0.25) is 5.02 Å². The van der Waals surface area contributed by atoms with Crippen LogP contribution in [0.15, 0.2) is 64.4 Å². The van der Waals surface area contributed by atoms with Gasteiger partial charge < -0.3 is 0 Å². The van der Waals surface area contributed by atoms with Crippen molar-refractivity contribution in [2.45, 2.75) is 29.7 Å². The van der Waals surface area contributed by atoms with E-state index in [1.807, 2.05) is 36.4 Å².